The number of halogens is 3. The Hall–Kier alpha value is -2.81. The van der Waals surface area contributed by atoms with Crippen LogP contribution >= 0.6 is 0 Å². The molecule has 0 saturated carbocycles. The molecule has 0 unspecified atom stereocenters. The normalized spacial score (nSPS) is 10.8. The summed E-state index contributed by atoms with van der Waals surface area (Å²) in [5, 5.41) is 11.3. The second kappa shape index (κ2) is 6.31. The molecule has 1 N–H and O–H groups in total. The number of amides is 1. The maximum absolute atomic E-state index is 12.4. The van der Waals surface area contributed by atoms with Crippen LogP contribution in [0.1, 0.15) is 27.0 Å². The SMILES string of the molecule is N#Cc1ccc(CNC(=O)c2ccc(C(F)(F)F)cc2)cc1. The molecule has 3 nitrogen and oxygen atoms in total. The molecule has 0 aliphatic heterocycles. The summed E-state index contributed by atoms with van der Waals surface area (Å²) in [6, 6.07) is 12.6. The molecule has 0 atom stereocenters. The standard InChI is InChI=1S/C16H11F3N2O/c17-16(18,19)14-7-5-13(6-8-14)15(22)21-10-12-3-1-11(9-20)2-4-12/h1-8H,10H2,(H,21,22). The molecule has 0 aliphatic carbocycles. The molecule has 22 heavy (non-hydrogen) atoms. The average Bonchev–Trinajstić information content (AvgIpc) is 2.52. The molecule has 112 valence electrons. The molecule has 2 aromatic carbocycles. The molecule has 0 aromatic heterocycles. The van der Waals surface area contributed by atoms with Crippen LogP contribution in [0.2, 0.25) is 0 Å². The molecule has 0 aliphatic rings. The van der Waals surface area contributed by atoms with Crippen molar-refractivity contribution in [3.63, 3.8) is 0 Å². The summed E-state index contributed by atoms with van der Waals surface area (Å²) in [4.78, 5) is 11.9. The van der Waals surface area contributed by atoms with Crippen molar-refractivity contribution in [1.29, 1.82) is 5.26 Å². The second-order valence-corrected chi connectivity index (χ2v) is 4.57. The molecule has 0 fully saturated rings. The lowest BCUT2D eigenvalue weighted by molar-refractivity contribution is -0.137. The summed E-state index contributed by atoms with van der Waals surface area (Å²) in [7, 11) is 0. The topological polar surface area (TPSA) is 52.9 Å². The number of nitriles is 1. The van der Waals surface area contributed by atoms with Gasteiger partial charge in [-0.15, -0.1) is 0 Å². The summed E-state index contributed by atoms with van der Waals surface area (Å²) in [5.41, 5.74) is 0.662. The van der Waals surface area contributed by atoms with Gasteiger partial charge in [0.05, 0.1) is 17.2 Å². The first-order valence-electron chi connectivity index (χ1n) is 6.34. The van der Waals surface area contributed by atoms with Crippen LogP contribution < -0.4 is 5.32 Å². The number of benzene rings is 2. The van der Waals surface area contributed by atoms with E-state index >= 15 is 0 Å². The van der Waals surface area contributed by atoms with Crippen LogP contribution in [0.4, 0.5) is 13.2 Å². The Morgan fingerprint density at radius 1 is 1.05 bits per heavy atom. The Bertz CT molecular complexity index is 698. The molecular weight excluding hydrogens is 293 g/mol. The summed E-state index contributed by atoms with van der Waals surface area (Å²) in [5.74, 6) is -0.460. The largest absolute Gasteiger partial charge is 0.416 e. The zero-order valence-electron chi connectivity index (χ0n) is 11.3. The van der Waals surface area contributed by atoms with Crippen LogP contribution in [0, 0.1) is 11.3 Å². The Morgan fingerprint density at radius 2 is 1.64 bits per heavy atom. The van der Waals surface area contributed by atoms with E-state index in [1.807, 2.05) is 6.07 Å². The second-order valence-electron chi connectivity index (χ2n) is 4.57. The van der Waals surface area contributed by atoms with Gasteiger partial charge in [-0.2, -0.15) is 18.4 Å². The van der Waals surface area contributed by atoms with Crippen LogP contribution in [0.5, 0.6) is 0 Å². The number of carbonyl (C=O) groups excluding carboxylic acids is 1. The molecule has 1 amide bonds. The lowest BCUT2D eigenvalue weighted by Crippen LogP contribution is -2.22. The van der Waals surface area contributed by atoms with E-state index in [1.54, 1.807) is 24.3 Å². The van der Waals surface area contributed by atoms with Gasteiger partial charge in [0.2, 0.25) is 0 Å². The van der Waals surface area contributed by atoms with E-state index in [4.69, 9.17) is 5.26 Å². The highest BCUT2D eigenvalue weighted by molar-refractivity contribution is 5.94. The van der Waals surface area contributed by atoms with E-state index in [0.717, 1.165) is 29.8 Å². The number of nitrogens with zero attached hydrogens (tertiary/aromatic N) is 1. The van der Waals surface area contributed by atoms with E-state index in [9.17, 15) is 18.0 Å². The highest BCUT2D eigenvalue weighted by Gasteiger charge is 2.30. The summed E-state index contributed by atoms with van der Waals surface area (Å²) in [6.07, 6.45) is -4.42. The van der Waals surface area contributed by atoms with E-state index < -0.39 is 17.6 Å². The lowest BCUT2D eigenvalue weighted by atomic mass is 10.1. The summed E-state index contributed by atoms with van der Waals surface area (Å²) < 4.78 is 37.3. The van der Waals surface area contributed by atoms with Gasteiger partial charge in [0.25, 0.3) is 5.91 Å². The molecule has 0 heterocycles. The zero-order chi connectivity index (χ0) is 16.2. The third-order valence-corrected chi connectivity index (χ3v) is 3.01. The number of nitrogens with one attached hydrogen (secondary N) is 1. The predicted octanol–water partition coefficient (Wildman–Crippen LogP) is 3.51. The highest BCUT2D eigenvalue weighted by Crippen LogP contribution is 2.29. The van der Waals surface area contributed by atoms with Gasteiger partial charge in [-0.25, -0.2) is 0 Å². The first kappa shape index (κ1) is 15.6. The van der Waals surface area contributed by atoms with Crippen LogP contribution in [0.25, 0.3) is 0 Å². The monoisotopic (exact) mass is 304 g/mol. The number of hydrogen-bond acceptors (Lipinski definition) is 2. The third kappa shape index (κ3) is 3.85. The molecule has 0 radical (unpaired) electrons. The fraction of sp³-hybridized carbons (Fsp3) is 0.125. The molecular formula is C16H11F3N2O. The summed E-state index contributed by atoms with van der Waals surface area (Å²) in [6.45, 7) is 0.228. The molecule has 2 aromatic rings. The third-order valence-electron chi connectivity index (χ3n) is 3.01. The van der Waals surface area contributed by atoms with Gasteiger partial charge in [-0.05, 0) is 42.0 Å². The van der Waals surface area contributed by atoms with Crippen molar-refractivity contribution < 1.29 is 18.0 Å². The van der Waals surface area contributed by atoms with Crippen molar-refractivity contribution in [1.82, 2.24) is 5.32 Å². The fourth-order valence-electron chi connectivity index (χ4n) is 1.79. The quantitative estimate of drug-likeness (QED) is 0.943. The minimum Gasteiger partial charge on any atom is -0.348 e. The molecule has 0 spiro atoms. The van der Waals surface area contributed by atoms with Crippen molar-refractivity contribution in [2.45, 2.75) is 12.7 Å². The lowest BCUT2D eigenvalue weighted by Gasteiger charge is -2.08. The Morgan fingerprint density at radius 3 is 2.14 bits per heavy atom. The molecule has 0 saturated heterocycles. The first-order valence-corrected chi connectivity index (χ1v) is 6.34. The van der Waals surface area contributed by atoms with Crippen molar-refractivity contribution in [3.05, 3.63) is 70.8 Å². The van der Waals surface area contributed by atoms with Crippen molar-refractivity contribution in [2.75, 3.05) is 0 Å². The number of rotatable bonds is 3. The van der Waals surface area contributed by atoms with Gasteiger partial charge in [0.15, 0.2) is 0 Å². The first-order chi connectivity index (χ1) is 10.4. The minimum atomic E-state index is -4.42. The minimum absolute atomic E-state index is 0.154. The van der Waals surface area contributed by atoms with Gasteiger partial charge >= 0.3 is 6.18 Å². The molecule has 2 rings (SSSR count). The Balaban J connectivity index is 1.98. The van der Waals surface area contributed by atoms with E-state index in [0.29, 0.717) is 5.56 Å². The maximum Gasteiger partial charge on any atom is 0.416 e. The van der Waals surface area contributed by atoms with E-state index in [1.165, 1.54) is 0 Å². The Labute approximate surface area is 125 Å². The highest BCUT2D eigenvalue weighted by atomic mass is 19.4. The van der Waals surface area contributed by atoms with Crippen molar-refractivity contribution in [2.24, 2.45) is 0 Å². The molecule has 0 bridgehead atoms. The van der Waals surface area contributed by atoms with Gasteiger partial charge in [0, 0.05) is 12.1 Å². The number of hydrogen-bond donors (Lipinski definition) is 1. The average molecular weight is 304 g/mol. The van der Waals surface area contributed by atoms with Crippen LogP contribution in [0.3, 0.4) is 0 Å². The molecule has 6 heteroatoms. The van der Waals surface area contributed by atoms with Crippen molar-refractivity contribution in [3.8, 4) is 6.07 Å². The van der Waals surface area contributed by atoms with Gasteiger partial charge in [-0.3, -0.25) is 4.79 Å². The van der Waals surface area contributed by atoms with Gasteiger partial charge < -0.3 is 5.32 Å². The maximum atomic E-state index is 12.4. The van der Waals surface area contributed by atoms with Gasteiger partial charge in [-0.1, -0.05) is 12.1 Å². The number of carbonyl (C=O) groups is 1. The van der Waals surface area contributed by atoms with Crippen LogP contribution in [0.15, 0.2) is 48.5 Å². The number of alkyl halides is 3. The predicted molar refractivity (Wildman–Crippen MR) is 73.8 cm³/mol. The van der Waals surface area contributed by atoms with Crippen LogP contribution in [-0.4, -0.2) is 5.91 Å². The summed E-state index contributed by atoms with van der Waals surface area (Å²) >= 11 is 0. The fourth-order valence-corrected chi connectivity index (χ4v) is 1.79. The smallest absolute Gasteiger partial charge is 0.348 e. The van der Waals surface area contributed by atoms with Crippen LogP contribution in [-0.2, 0) is 12.7 Å². The zero-order valence-corrected chi connectivity index (χ0v) is 11.3. The van der Waals surface area contributed by atoms with Crippen molar-refractivity contribution >= 4 is 5.91 Å². The van der Waals surface area contributed by atoms with E-state index in [-0.39, 0.29) is 12.1 Å². The van der Waals surface area contributed by atoms with Gasteiger partial charge in [0.1, 0.15) is 0 Å². The Kier molecular flexibility index (Phi) is 4.47. The van der Waals surface area contributed by atoms with E-state index in [2.05, 4.69) is 5.32 Å².